The van der Waals surface area contributed by atoms with Gasteiger partial charge in [0, 0.05) is 30.2 Å². The largest absolute Gasteiger partial charge is 0.379 e. The van der Waals surface area contributed by atoms with Crippen molar-refractivity contribution in [1.29, 1.82) is 0 Å². The molecule has 0 saturated carbocycles. The van der Waals surface area contributed by atoms with Crippen LogP contribution in [0.4, 0.5) is 5.69 Å². The summed E-state index contributed by atoms with van der Waals surface area (Å²) in [7, 11) is 0. The monoisotopic (exact) mass is 451 g/mol. The number of morpholine rings is 1. The molecule has 32 heavy (non-hydrogen) atoms. The number of nitrogens with one attached hydrogen (secondary N) is 2. The second kappa shape index (κ2) is 10.6. The number of carbonyl (C=O) groups excluding carboxylic acids is 2. The number of nitrogens with zero attached hydrogens (tertiary/aromatic N) is 1. The van der Waals surface area contributed by atoms with Gasteiger partial charge in [0.15, 0.2) is 0 Å². The van der Waals surface area contributed by atoms with Gasteiger partial charge >= 0.3 is 0 Å². The van der Waals surface area contributed by atoms with Crippen LogP contribution in [-0.2, 0) is 4.74 Å². The quantitative estimate of drug-likeness (QED) is 0.528. The van der Waals surface area contributed by atoms with Crippen LogP contribution in [0.5, 0.6) is 0 Å². The van der Waals surface area contributed by atoms with E-state index in [9.17, 15) is 9.59 Å². The summed E-state index contributed by atoms with van der Waals surface area (Å²) in [5.74, 6) is -0.534. The average Bonchev–Trinajstić information content (AvgIpc) is 2.83. The maximum atomic E-state index is 13.0. The molecule has 0 bridgehead atoms. The van der Waals surface area contributed by atoms with E-state index in [1.807, 2.05) is 36.4 Å². The number of hydrogen-bond acceptors (Lipinski definition) is 4. The third kappa shape index (κ3) is 5.46. The minimum absolute atomic E-state index is 0.261. The van der Waals surface area contributed by atoms with E-state index in [-0.39, 0.29) is 11.8 Å². The molecule has 2 amide bonds. The van der Waals surface area contributed by atoms with Crippen LogP contribution in [0.3, 0.4) is 0 Å². The van der Waals surface area contributed by atoms with Gasteiger partial charge in [-0.3, -0.25) is 14.5 Å². The van der Waals surface area contributed by atoms with Gasteiger partial charge in [-0.05, 0) is 48.0 Å². The fraction of sp³-hybridized carbons (Fsp3) is 0.280. The normalized spacial score (nSPS) is 14.3. The van der Waals surface area contributed by atoms with E-state index in [0.29, 0.717) is 28.4 Å². The molecule has 1 saturated heterocycles. The second-order valence-corrected chi connectivity index (χ2v) is 8.17. The zero-order chi connectivity index (χ0) is 22.3. The first-order chi connectivity index (χ1) is 15.6. The molecule has 0 spiro atoms. The van der Waals surface area contributed by atoms with E-state index in [4.69, 9.17) is 16.3 Å². The maximum Gasteiger partial charge on any atom is 0.256 e. The number of hydrogen-bond donors (Lipinski definition) is 2. The summed E-state index contributed by atoms with van der Waals surface area (Å²) in [4.78, 5) is 28.2. The summed E-state index contributed by atoms with van der Waals surface area (Å²) in [5.41, 5.74) is 1.32. The van der Waals surface area contributed by atoms with E-state index in [1.165, 1.54) is 0 Å². The minimum Gasteiger partial charge on any atom is -0.379 e. The number of benzene rings is 3. The maximum absolute atomic E-state index is 13.0. The van der Waals surface area contributed by atoms with Crippen LogP contribution in [0.2, 0.25) is 5.02 Å². The van der Waals surface area contributed by atoms with Gasteiger partial charge in [-0.2, -0.15) is 0 Å². The lowest BCUT2D eigenvalue weighted by Crippen LogP contribution is -2.38. The molecule has 7 heteroatoms. The molecule has 4 rings (SSSR count). The Hall–Kier alpha value is -2.93. The molecule has 1 aliphatic rings. The standard InChI is InChI=1S/C25H26ClN3O3/c26-19-9-10-23(28-25(31)21-8-3-6-18-5-1-2-7-20(18)21)22(17-19)24(30)27-11-4-12-29-13-15-32-16-14-29/h1-3,5-10,17H,4,11-16H2,(H,27,30)(H,28,31). The van der Waals surface area contributed by atoms with Gasteiger partial charge in [0.2, 0.25) is 0 Å². The molecule has 0 radical (unpaired) electrons. The molecule has 3 aromatic carbocycles. The fourth-order valence-corrected chi connectivity index (χ4v) is 4.02. The Morgan fingerprint density at radius 3 is 2.56 bits per heavy atom. The second-order valence-electron chi connectivity index (χ2n) is 7.73. The zero-order valence-electron chi connectivity index (χ0n) is 17.8. The van der Waals surface area contributed by atoms with Crippen LogP contribution in [0.15, 0.2) is 60.7 Å². The van der Waals surface area contributed by atoms with Gasteiger partial charge in [-0.15, -0.1) is 0 Å². The van der Waals surface area contributed by atoms with Crippen molar-refractivity contribution in [2.24, 2.45) is 0 Å². The molecule has 1 aliphatic heterocycles. The number of ether oxygens (including phenoxy) is 1. The van der Waals surface area contributed by atoms with Crippen LogP contribution in [0.25, 0.3) is 10.8 Å². The van der Waals surface area contributed by atoms with Crippen LogP contribution < -0.4 is 10.6 Å². The fourth-order valence-electron chi connectivity index (χ4n) is 3.85. The Kier molecular flexibility index (Phi) is 7.37. The molecule has 3 aromatic rings. The number of rotatable bonds is 7. The lowest BCUT2D eigenvalue weighted by atomic mass is 10.0. The predicted molar refractivity (Wildman–Crippen MR) is 128 cm³/mol. The van der Waals surface area contributed by atoms with E-state index in [0.717, 1.165) is 50.0 Å². The van der Waals surface area contributed by atoms with Gasteiger partial charge in [-0.25, -0.2) is 0 Å². The highest BCUT2D eigenvalue weighted by Crippen LogP contribution is 2.24. The van der Waals surface area contributed by atoms with Crippen molar-refractivity contribution in [3.05, 3.63) is 76.8 Å². The van der Waals surface area contributed by atoms with Crippen molar-refractivity contribution in [3.8, 4) is 0 Å². The van der Waals surface area contributed by atoms with Gasteiger partial charge in [-0.1, -0.05) is 48.0 Å². The molecule has 2 N–H and O–H groups in total. The van der Waals surface area contributed by atoms with E-state index < -0.39 is 0 Å². The van der Waals surface area contributed by atoms with Crippen molar-refractivity contribution >= 4 is 39.9 Å². The van der Waals surface area contributed by atoms with Crippen molar-refractivity contribution in [2.75, 3.05) is 44.7 Å². The highest BCUT2D eigenvalue weighted by molar-refractivity contribution is 6.31. The summed E-state index contributed by atoms with van der Waals surface area (Å²) >= 11 is 6.14. The number of carbonyl (C=O) groups is 2. The molecule has 0 aliphatic carbocycles. The van der Waals surface area contributed by atoms with Crippen LogP contribution in [0.1, 0.15) is 27.1 Å². The van der Waals surface area contributed by atoms with E-state index in [2.05, 4.69) is 15.5 Å². The molecule has 1 fully saturated rings. The molecule has 1 heterocycles. The Labute approximate surface area is 192 Å². The Morgan fingerprint density at radius 1 is 0.938 bits per heavy atom. The number of anilines is 1. The topological polar surface area (TPSA) is 70.7 Å². The number of amides is 2. The smallest absolute Gasteiger partial charge is 0.256 e. The minimum atomic E-state index is -0.273. The zero-order valence-corrected chi connectivity index (χ0v) is 18.5. The van der Waals surface area contributed by atoms with Crippen LogP contribution in [0, 0.1) is 0 Å². The third-order valence-electron chi connectivity index (χ3n) is 5.55. The van der Waals surface area contributed by atoms with Crippen molar-refractivity contribution in [3.63, 3.8) is 0 Å². The SMILES string of the molecule is O=C(NCCCN1CCOCC1)c1cc(Cl)ccc1NC(=O)c1cccc2ccccc12. The van der Waals surface area contributed by atoms with Gasteiger partial charge in [0.1, 0.15) is 0 Å². The summed E-state index contributed by atoms with van der Waals surface area (Å²) in [5, 5.41) is 8.11. The Morgan fingerprint density at radius 2 is 1.72 bits per heavy atom. The van der Waals surface area contributed by atoms with Gasteiger partial charge in [0.25, 0.3) is 11.8 Å². The molecule has 6 nitrogen and oxygen atoms in total. The van der Waals surface area contributed by atoms with Gasteiger partial charge in [0.05, 0.1) is 24.5 Å². The molecular formula is C25H26ClN3O3. The lowest BCUT2D eigenvalue weighted by Gasteiger charge is -2.26. The first kappa shape index (κ1) is 22.3. The summed E-state index contributed by atoms with van der Waals surface area (Å²) in [6.07, 6.45) is 0.837. The first-order valence-electron chi connectivity index (χ1n) is 10.8. The lowest BCUT2D eigenvalue weighted by molar-refractivity contribution is 0.0374. The number of fused-ring (bicyclic) bond motifs is 1. The third-order valence-corrected chi connectivity index (χ3v) is 5.78. The Balaban J connectivity index is 1.43. The van der Waals surface area contributed by atoms with Crippen molar-refractivity contribution < 1.29 is 14.3 Å². The van der Waals surface area contributed by atoms with Crippen LogP contribution >= 0.6 is 11.6 Å². The summed E-state index contributed by atoms with van der Waals surface area (Å²) in [6, 6.07) is 18.2. The summed E-state index contributed by atoms with van der Waals surface area (Å²) in [6.45, 7) is 4.81. The Bertz CT molecular complexity index is 1110. The number of halogens is 1. The highest BCUT2D eigenvalue weighted by Gasteiger charge is 2.17. The van der Waals surface area contributed by atoms with Crippen molar-refractivity contribution in [2.45, 2.75) is 6.42 Å². The summed E-state index contributed by atoms with van der Waals surface area (Å²) < 4.78 is 5.36. The van der Waals surface area contributed by atoms with Gasteiger partial charge < -0.3 is 15.4 Å². The molecule has 0 aromatic heterocycles. The van der Waals surface area contributed by atoms with Crippen molar-refractivity contribution in [1.82, 2.24) is 10.2 Å². The molecular weight excluding hydrogens is 426 g/mol. The first-order valence-corrected chi connectivity index (χ1v) is 11.2. The molecule has 166 valence electrons. The van der Waals surface area contributed by atoms with Crippen LogP contribution in [-0.4, -0.2) is 56.1 Å². The van der Waals surface area contributed by atoms with E-state index in [1.54, 1.807) is 24.3 Å². The van der Waals surface area contributed by atoms with E-state index >= 15 is 0 Å². The highest BCUT2D eigenvalue weighted by atomic mass is 35.5. The predicted octanol–water partition coefficient (Wildman–Crippen LogP) is 4.20. The molecule has 0 atom stereocenters. The average molecular weight is 452 g/mol. The molecule has 0 unspecified atom stereocenters.